The fourth-order valence-corrected chi connectivity index (χ4v) is 2.78. The minimum Gasteiger partial charge on any atom is -0.329 e. The lowest BCUT2D eigenvalue weighted by atomic mass is 10.4. The zero-order chi connectivity index (χ0) is 11.7. The van der Waals surface area contributed by atoms with E-state index in [-0.39, 0.29) is 0 Å². The average molecular weight is 248 g/mol. The quantitative estimate of drug-likeness (QED) is 0.846. The predicted octanol–water partition coefficient (Wildman–Crippen LogP) is 2.19. The van der Waals surface area contributed by atoms with Crippen LogP contribution in [-0.2, 0) is 6.54 Å². The van der Waals surface area contributed by atoms with E-state index in [1.165, 1.54) is 25.9 Å². The number of imidazole rings is 1. The highest BCUT2D eigenvalue weighted by atomic mass is 32.1. The standard InChI is InChI=1S/C12H16N4S/c17-12-14-10-9-13-4-3-11(10)16(12)8-7-15-5-1-2-6-15/h3-4,9H,1-2,5-8H2,(H,14,17). The summed E-state index contributed by atoms with van der Waals surface area (Å²) in [4.78, 5) is 9.80. The minimum absolute atomic E-state index is 0.798. The summed E-state index contributed by atoms with van der Waals surface area (Å²) in [6, 6.07) is 2.02. The Hall–Kier alpha value is -1.20. The van der Waals surface area contributed by atoms with E-state index in [0.717, 1.165) is 28.9 Å². The van der Waals surface area contributed by atoms with Crippen LogP contribution in [0.15, 0.2) is 18.5 Å². The van der Waals surface area contributed by atoms with Gasteiger partial charge in [-0.1, -0.05) is 0 Å². The van der Waals surface area contributed by atoms with Crippen molar-refractivity contribution in [2.24, 2.45) is 0 Å². The maximum atomic E-state index is 5.35. The monoisotopic (exact) mass is 248 g/mol. The van der Waals surface area contributed by atoms with Gasteiger partial charge in [0.15, 0.2) is 4.77 Å². The summed E-state index contributed by atoms with van der Waals surface area (Å²) in [5.74, 6) is 0. The van der Waals surface area contributed by atoms with Crippen LogP contribution in [0.2, 0.25) is 0 Å². The first kappa shape index (κ1) is 10.9. The normalized spacial score (nSPS) is 16.9. The first-order valence-electron chi connectivity index (χ1n) is 6.09. The lowest BCUT2D eigenvalue weighted by Crippen LogP contribution is -2.24. The minimum atomic E-state index is 0.798. The van der Waals surface area contributed by atoms with E-state index in [9.17, 15) is 0 Å². The summed E-state index contributed by atoms with van der Waals surface area (Å²) in [5, 5.41) is 0. The zero-order valence-corrected chi connectivity index (χ0v) is 10.5. The fourth-order valence-electron chi connectivity index (χ4n) is 2.48. The van der Waals surface area contributed by atoms with E-state index in [4.69, 9.17) is 12.2 Å². The first-order chi connectivity index (χ1) is 8.34. The lowest BCUT2D eigenvalue weighted by Gasteiger charge is -2.14. The van der Waals surface area contributed by atoms with Gasteiger partial charge in [-0.3, -0.25) is 4.98 Å². The van der Waals surface area contributed by atoms with Crippen molar-refractivity contribution in [2.45, 2.75) is 19.4 Å². The van der Waals surface area contributed by atoms with Gasteiger partial charge in [-0.15, -0.1) is 0 Å². The molecule has 3 rings (SSSR count). The Labute approximate surface area is 105 Å². The van der Waals surface area contributed by atoms with Crippen molar-refractivity contribution in [3.05, 3.63) is 23.2 Å². The van der Waals surface area contributed by atoms with Crippen molar-refractivity contribution in [1.29, 1.82) is 0 Å². The van der Waals surface area contributed by atoms with Crippen molar-refractivity contribution in [3.8, 4) is 0 Å². The zero-order valence-electron chi connectivity index (χ0n) is 9.72. The highest BCUT2D eigenvalue weighted by Gasteiger charge is 2.12. The molecule has 1 N–H and O–H groups in total. The molecule has 1 aliphatic rings. The molecule has 1 fully saturated rings. The third-order valence-corrected chi connectivity index (χ3v) is 3.74. The Morgan fingerprint density at radius 3 is 2.94 bits per heavy atom. The number of hydrogen-bond acceptors (Lipinski definition) is 3. The second kappa shape index (κ2) is 4.58. The van der Waals surface area contributed by atoms with Crippen LogP contribution < -0.4 is 0 Å². The fraction of sp³-hybridized carbons (Fsp3) is 0.500. The molecule has 2 aromatic rings. The maximum Gasteiger partial charge on any atom is 0.178 e. The molecule has 17 heavy (non-hydrogen) atoms. The lowest BCUT2D eigenvalue weighted by molar-refractivity contribution is 0.323. The molecule has 0 spiro atoms. The van der Waals surface area contributed by atoms with Gasteiger partial charge in [0.25, 0.3) is 0 Å². The molecule has 0 unspecified atom stereocenters. The molecule has 1 saturated heterocycles. The van der Waals surface area contributed by atoms with Gasteiger partial charge in [0.1, 0.15) is 0 Å². The Kier molecular flexibility index (Phi) is 2.94. The van der Waals surface area contributed by atoms with Gasteiger partial charge in [0.2, 0.25) is 0 Å². The molecule has 0 radical (unpaired) electrons. The van der Waals surface area contributed by atoms with Gasteiger partial charge in [0, 0.05) is 19.3 Å². The van der Waals surface area contributed by atoms with E-state index in [2.05, 4.69) is 19.4 Å². The molecule has 2 aromatic heterocycles. The molecule has 0 saturated carbocycles. The molecular weight excluding hydrogens is 232 g/mol. The number of aromatic nitrogens is 3. The Morgan fingerprint density at radius 1 is 1.29 bits per heavy atom. The van der Waals surface area contributed by atoms with E-state index in [0.29, 0.717) is 0 Å². The summed E-state index contributed by atoms with van der Waals surface area (Å²) in [7, 11) is 0. The average Bonchev–Trinajstić information content (AvgIpc) is 2.93. The number of likely N-dealkylation sites (tertiary alicyclic amines) is 1. The highest BCUT2D eigenvalue weighted by molar-refractivity contribution is 7.71. The number of fused-ring (bicyclic) bond motifs is 1. The van der Waals surface area contributed by atoms with Crippen molar-refractivity contribution >= 4 is 23.3 Å². The van der Waals surface area contributed by atoms with Gasteiger partial charge < -0.3 is 14.5 Å². The Morgan fingerprint density at radius 2 is 2.12 bits per heavy atom. The third-order valence-electron chi connectivity index (χ3n) is 3.41. The number of hydrogen-bond donors (Lipinski definition) is 1. The smallest absolute Gasteiger partial charge is 0.178 e. The van der Waals surface area contributed by atoms with Crippen LogP contribution in [0, 0.1) is 4.77 Å². The van der Waals surface area contributed by atoms with Gasteiger partial charge in [-0.05, 0) is 44.2 Å². The van der Waals surface area contributed by atoms with E-state index >= 15 is 0 Å². The Balaban J connectivity index is 1.84. The second-order valence-corrected chi connectivity index (χ2v) is 4.91. The van der Waals surface area contributed by atoms with Crippen LogP contribution >= 0.6 is 12.2 Å². The summed E-state index contributed by atoms with van der Waals surface area (Å²) < 4.78 is 2.97. The maximum absolute atomic E-state index is 5.35. The molecular formula is C12H16N4S. The first-order valence-corrected chi connectivity index (χ1v) is 6.50. The largest absolute Gasteiger partial charge is 0.329 e. The number of nitrogens with zero attached hydrogens (tertiary/aromatic N) is 3. The topological polar surface area (TPSA) is 36.9 Å². The van der Waals surface area contributed by atoms with Crippen LogP contribution in [0.25, 0.3) is 11.0 Å². The molecule has 3 heterocycles. The van der Waals surface area contributed by atoms with Crippen molar-refractivity contribution in [1.82, 2.24) is 19.4 Å². The summed E-state index contributed by atoms with van der Waals surface area (Å²) in [6.07, 6.45) is 6.32. The van der Waals surface area contributed by atoms with E-state index in [1.807, 2.05) is 18.5 Å². The number of aromatic amines is 1. The van der Waals surface area contributed by atoms with Crippen LogP contribution in [0.3, 0.4) is 0 Å². The molecule has 0 atom stereocenters. The van der Waals surface area contributed by atoms with Crippen LogP contribution in [-0.4, -0.2) is 39.1 Å². The number of nitrogens with one attached hydrogen (secondary N) is 1. The molecule has 5 heteroatoms. The van der Waals surface area contributed by atoms with E-state index < -0.39 is 0 Å². The second-order valence-electron chi connectivity index (χ2n) is 4.52. The molecule has 0 aliphatic carbocycles. The molecule has 4 nitrogen and oxygen atoms in total. The van der Waals surface area contributed by atoms with Gasteiger partial charge >= 0.3 is 0 Å². The number of pyridine rings is 1. The third kappa shape index (κ3) is 2.12. The Bertz CT molecular complexity index is 565. The molecule has 0 amide bonds. The van der Waals surface area contributed by atoms with Gasteiger partial charge in [-0.25, -0.2) is 0 Å². The van der Waals surface area contributed by atoms with Crippen molar-refractivity contribution in [2.75, 3.05) is 19.6 Å². The molecule has 0 aromatic carbocycles. The predicted molar refractivity (Wildman–Crippen MR) is 70.6 cm³/mol. The van der Waals surface area contributed by atoms with Crippen LogP contribution in [0.5, 0.6) is 0 Å². The van der Waals surface area contributed by atoms with E-state index in [1.54, 1.807) is 0 Å². The summed E-state index contributed by atoms with van der Waals surface area (Å²) in [5.41, 5.74) is 2.18. The van der Waals surface area contributed by atoms with Crippen LogP contribution in [0.1, 0.15) is 12.8 Å². The van der Waals surface area contributed by atoms with Crippen molar-refractivity contribution in [3.63, 3.8) is 0 Å². The molecule has 1 aliphatic heterocycles. The van der Waals surface area contributed by atoms with Gasteiger partial charge in [-0.2, -0.15) is 0 Å². The van der Waals surface area contributed by atoms with Crippen molar-refractivity contribution < 1.29 is 0 Å². The summed E-state index contributed by atoms with van der Waals surface area (Å²) >= 11 is 5.35. The SMILES string of the molecule is S=c1[nH]c2cnccc2n1CCN1CCCC1. The highest BCUT2D eigenvalue weighted by Crippen LogP contribution is 2.13. The summed E-state index contributed by atoms with van der Waals surface area (Å²) in [6.45, 7) is 4.51. The molecule has 0 bridgehead atoms. The molecule has 90 valence electrons. The van der Waals surface area contributed by atoms with Gasteiger partial charge in [0.05, 0.1) is 17.2 Å². The number of H-pyrrole nitrogens is 1. The number of rotatable bonds is 3. The van der Waals surface area contributed by atoms with Crippen LogP contribution in [0.4, 0.5) is 0 Å².